The Morgan fingerprint density at radius 3 is 2.38 bits per heavy atom. The molecule has 4 nitrogen and oxygen atoms in total. The Morgan fingerprint density at radius 1 is 1.03 bits per heavy atom. The fourth-order valence-electron chi connectivity index (χ4n) is 8.72. The quantitative estimate of drug-likeness (QED) is 0.642. The van der Waals surface area contributed by atoms with Crippen LogP contribution in [0, 0.1) is 46.3 Å². The molecular formula is C24H39NaO4. The van der Waals surface area contributed by atoms with Crippen LogP contribution in [0.2, 0.25) is 0 Å². The van der Waals surface area contributed by atoms with Gasteiger partial charge in [0.1, 0.15) is 0 Å². The van der Waals surface area contributed by atoms with Crippen molar-refractivity contribution >= 4 is 5.97 Å². The number of rotatable bonds is 4. The Morgan fingerprint density at radius 2 is 1.69 bits per heavy atom. The molecule has 4 fully saturated rings. The molecule has 0 saturated heterocycles. The Kier molecular flexibility index (Phi) is 7.24. The Labute approximate surface area is 198 Å². The van der Waals surface area contributed by atoms with Crippen molar-refractivity contribution in [2.24, 2.45) is 46.3 Å². The van der Waals surface area contributed by atoms with E-state index in [9.17, 15) is 20.1 Å². The van der Waals surface area contributed by atoms with Crippen molar-refractivity contribution in [2.45, 2.75) is 97.2 Å². The fourth-order valence-corrected chi connectivity index (χ4v) is 8.72. The van der Waals surface area contributed by atoms with Gasteiger partial charge in [0.2, 0.25) is 0 Å². The van der Waals surface area contributed by atoms with Gasteiger partial charge in [0, 0.05) is 5.97 Å². The third-order valence-corrected chi connectivity index (χ3v) is 10.2. The number of aliphatic hydroxyl groups is 2. The summed E-state index contributed by atoms with van der Waals surface area (Å²) >= 11 is 0. The third kappa shape index (κ3) is 3.99. The second kappa shape index (κ2) is 8.73. The minimum atomic E-state index is -0.934. The van der Waals surface area contributed by atoms with Crippen molar-refractivity contribution in [1.29, 1.82) is 0 Å². The summed E-state index contributed by atoms with van der Waals surface area (Å²) in [5.41, 5.74) is 0.494. The molecule has 160 valence electrons. The first-order valence-electron chi connectivity index (χ1n) is 11.7. The molecule has 0 aromatic heterocycles. The van der Waals surface area contributed by atoms with Crippen LogP contribution in [-0.2, 0) is 4.79 Å². The smallest absolute Gasteiger partial charge is 0.550 e. The van der Waals surface area contributed by atoms with Gasteiger partial charge in [0.05, 0.1) is 12.2 Å². The number of carbonyl (C=O) groups is 1. The first kappa shape index (κ1) is 24.0. The number of carboxylic acid groups (broad SMARTS) is 1. The standard InChI is InChI=1S/C24H40O4.Na/c1-14(4-7-21(27)28)17-5-6-18-22-19(9-11-24(17,18)3)23(2)10-8-16(25)12-15(23)13-20(22)26;/h14-20,22,25-26H,4-13H2,1-3H3,(H,27,28);/q;+1/p-1/t14-,15+,16-,17-,18+,19?,20-,22+,23+,24-;/m1./s1. The van der Waals surface area contributed by atoms with E-state index < -0.39 is 5.97 Å². The number of hydrogen-bond acceptors (Lipinski definition) is 4. The average Bonchev–Trinajstić information content (AvgIpc) is 2.98. The van der Waals surface area contributed by atoms with E-state index in [1.54, 1.807) is 0 Å². The Bertz CT molecular complexity index is 612. The predicted octanol–water partition coefficient (Wildman–Crippen LogP) is 0.147. The number of carbonyl (C=O) groups excluding carboxylic acids is 1. The minimum absolute atomic E-state index is 0. The molecule has 4 rings (SSSR count). The largest absolute Gasteiger partial charge is 1.00 e. The molecule has 0 heterocycles. The summed E-state index contributed by atoms with van der Waals surface area (Å²) in [5.74, 6) is 1.99. The first-order valence-corrected chi connectivity index (χ1v) is 11.7. The van der Waals surface area contributed by atoms with Crippen LogP contribution in [0.25, 0.3) is 0 Å². The molecule has 4 aliphatic rings. The number of aliphatic hydroxyl groups excluding tert-OH is 2. The zero-order valence-electron chi connectivity index (χ0n) is 18.9. The van der Waals surface area contributed by atoms with Crippen LogP contribution in [0.15, 0.2) is 0 Å². The van der Waals surface area contributed by atoms with Crippen molar-refractivity contribution in [2.75, 3.05) is 0 Å². The molecule has 0 radical (unpaired) electrons. The molecule has 4 aliphatic carbocycles. The second-order valence-corrected chi connectivity index (χ2v) is 11.3. The summed E-state index contributed by atoms with van der Waals surface area (Å²) in [6.45, 7) is 7.11. The van der Waals surface area contributed by atoms with Crippen LogP contribution in [0.5, 0.6) is 0 Å². The molecule has 0 aromatic carbocycles. The van der Waals surface area contributed by atoms with E-state index in [0.29, 0.717) is 41.9 Å². The second-order valence-electron chi connectivity index (χ2n) is 11.3. The van der Waals surface area contributed by atoms with E-state index in [1.165, 1.54) is 25.7 Å². The van der Waals surface area contributed by atoms with Crippen LogP contribution in [0.1, 0.15) is 85.0 Å². The van der Waals surface area contributed by atoms with Crippen molar-refractivity contribution in [3.8, 4) is 0 Å². The monoisotopic (exact) mass is 414 g/mol. The molecule has 0 aromatic rings. The maximum absolute atomic E-state index is 11.2. The number of hydrogen-bond donors (Lipinski definition) is 2. The minimum Gasteiger partial charge on any atom is -0.550 e. The van der Waals surface area contributed by atoms with Gasteiger partial charge in [-0.05, 0) is 111 Å². The Balaban J connectivity index is 0.00000240. The molecule has 0 bridgehead atoms. The summed E-state index contributed by atoms with van der Waals surface area (Å²) in [7, 11) is 0. The predicted molar refractivity (Wildman–Crippen MR) is 106 cm³/mol. The summed E-state index contributed by atoms with van der Waals surface area (Å²) in [6, 6.07) is 0. The SMILES string of the molecule is C[C@H](CCC(=O)[O-])[C@H]1CC[C@H]2[C@H]3C(CC[C@]12C)[C@@]1(C)CC[C@@H](O)C[C@H]1C[C@H]3O.[Na+]. The van der Waals surface area contributed by atoms with Gasteiger partial charge in [-0.15, -0.1) is 0 Å². The molecule has 4 saturated carbocycles. The van der Waals surface area contributed by atoms with E-state index in [2.05, 4.69) is 20.8 Å². The van der Waals surface area contributed by atoms with Crippen molar-refractivity contribution in [1.82, 2.24) is 0 Å². The van der Waals surface area contributed by atoms with Crippen LogP contribution in [0.4, 0.5) is 0 Å². The van der Waals surface area contributed by atoms with Gasteiger partial charge in [0.25, 0.3) is 0 Å². The van der Waals surface area contributed by atoms with E-state index in [-0.39, 0.29) is 59.0 Å². The van der Waals surface area contributed by atoms with E-state index >= 15 is 0 Å². The molecule has 2 N–H and O–H groups in total. The van der Waals surface area contributed by atoms with Gasteiger partial charge >= 0.3 is 29.6 Å². The van der Waals surface area contributed by atoms with E-state index in [1.807, 2.05) is 0 Å². The van der Waals surface area contributed by atoms with E-state index in [4.69, 9.17) is 0 Å². The molecule has 10 atom stereocenters. The van der Waals surface area contributed by atoms with Gasteiger partial charge < -0.3 is 20.1 Å². The summed E-state index contributed by atoms with van der Waals surface area (Å²) < 4.78 is 0. The topological polar surface area (TPSA) is 80.6 Å². The maximum atomic E-state index is 11.2. The van der Waals surface area contributed by atoms with Crippen molar-refractivity contribution < 1.29 is 49.7 Å². The fraction of sp³-hybridized carbons (Fsp3) is 0.958. The van der Waals surface area contributed by atoms with Gasteiger partial charge in [-0.25, -0.2) is 0 Å². The van der Waals surface area contributed by atoms with E-state index in [0.717, 1.165) is 25.7 Å². The molecule has 0 spiro atoms. The number of fused-ring (bicyclic) bond motifs is 5. The molecule has 29 heavy (non-hydrogen) atoms. The summed E-state index contributed by atoms with van der Waals surface area (Å²) in [6.07, 6.45) is 8.91. The van der Waals surface area contributed by atoms with Gasteiger partial charge in [0.15, 0.2) is 0 Å². The molecular weight excluding hydrogens is 375 g/mol. The van der Waals surface area contributed by atoms with Gasteiger partial charge in [-0.1, -0.05) is 20.8 Å². The third-order valence-electron chi connectivity index (χ3n) is 10.2. The Hall–Kier alpha value is 0.390. The van der Waals surface area contributed by atoms with Gasteiger partial charge in [-0.2, -0.15) is 0 Å². The first-order chi connectivity index (χ1) is 13.2. The number of aliphatic carboxylic acids is 1. The maximum Gasteiger partial charge on any atom is 1.00 e. The molecule has 0 amide bonds. The zero-order chi connectivity index (χ0) is 20.3. The zero-order valence-corrected chi connectivity index (χ0v) is 20.9. The summed E-state index contributed by atoms with van der Waals surface area (Å²) in [4.78, 5) is 10.9. The van der Waals surface area contributed by atoms with Crippen LogP contribution >= 0.6 is 0 Å². The van der Waals surface area contributed by atoms with Crippen LogP contribution in [0.3, 0.4) is 0 Å². The van der Waals surface area contributed by atoms with Crippen LogP contribution in [-0.4, -0.2) is 28.4 Å². The summed E-state index contributed by atoms with van der Waals surface area (Å²) in [5, 5.41) is 32.4. The molecule has 5 heteroatoms. The van der Waals surface area contributed by atoms with Crippen molar-refractivity contribution in [3.05, 3.63) is 0 Å². The van der Waals surface area contributed by atoms with Crippen LogP contribution < -0.4 is 34.7 Å². The van der Waals surface area contributed by atoms with Gasteiger partial charge in [-0.3, -0.25) is 0 Å². The normalized spacial score (nSPS) is 49.9. The number of carboxylic acids is 1. The average molecular weight is 415 g/mol. The van der Waals surface area contributed by atoms with Crippen molar-refractivity contribution in [3.63, 3.8) is 0 Å². The molecule has 1 unspecified atom stereocenters. The molecule has 0 aliphatic heterocycles.